The summed E-state index contributed by atoms with van der Waals surface area (Å²) in [5.74, 6) is -0.928. The van der Waals surface area contributed by atoms with E-state index in [2.05, 4.69) is 4.98 Å². The molecule has 15 heavy (non-hydrogen) atoms. The van der Waals surface area contributed by atoms with Gasteiger partial charge >= 0.3 is 5.97 Å². The zero-order chi connectivity index (χ0) is 11.4. The molecule has 1 rings (SSSR count). The Bertz CT molecular complexity index is 390. The largest absolute Gasteiger partial charge is 0.456 e. The second kappa shape index (κ2) is 4.54. The molecule has 0 aliphatic carbocycles. The molecule has 0 aliphatic heterocycles. The van der Waals surface area contributed by atoms with Crippen LogP contribution >= 0.6 is 0 Å². The van der Waals surface area contributed by atoms with E-state index in [1.165, 1.54) is 25.3 Å². The third kappa shape index (κ3) is 3.05. The topological polar surface area (TPSA) is 82.3 Å². The highest BCUT2D eigenvalue weighted by atomic mass is 16.5. The SMILES string of the molecule is CC(=O)OC(C)c1cc(C(N)=O)ccn1. The Morgan fingerprint density at radius 3 is 2.73 bits per heavy atom. The quantitative estimate of drug-likeness (QED) is 0.745. The summed E-state index contributed by atoms with van der Waals surface area (Å²) < 4.78 is 4.92. The van der Waals surface area contributed by atoms with Crippen molar-refractivity contribution in [2.24, 2.45) is 5.73 Å². The van der Waals surface area contributed by atoms with Crippen molar-refractivity contribution in [3.63, 3.8) is 0 Å². The van der Waals surface area contributed by atoms with Crippen LogP contribution < -0.4 is 5.73 Å². The number of hydrogen-bond acceptors (Lipinski definition) is 4. The number of nitrogens with zero attached hydrogens (tertiary/aromatic N) is 1. The molecular weight excluding hydrogens is 196 g/mol. The fourth-order valence-corrected chi connectivity index (χ4v) is 1.13. The minimum atomic E-state index is -0.534. The number of carbonyl (C=O) groups excluding carboxylic acids is 2. The summed E-state index contributed by atoms with van der Waals surface area (Å²) >= 11 is 0. The number of ether oxygens (including phenoxy) is 1. The van der Waals surface area contributed by atoms with Crippen molar-refractivity contribution < 1.29 is 14.3 Å². The van der Waals surface area contributed by atoms with E-state index in [4.69, 9.17) is 10.5 Å². The Labute approximate surface area is 87.3 Å². The molecule has 0 aliphatic rings. The number of nitrogens with two attached hydrogens (primary N) is 1. The first-order valence-corrected chi connectivity index (χ1v) is 4.43. The lowest BCUT2D eigenvalue weighted by atomic mass is 10.2. The Morgan fingerprint density at radius 1 is 1.53 bits per heavy atom. The standard InChI is InChI=1S/C10H12N2O3/c1-6(15-7(2)13)9-5-8(10(11)14)3-4-12-9/h3-6H,1-2H3,(H2,11,14). The maximum absolute atomic E-state index is 10.9. The molecule has 80 valence electrons. The molecule has 5 heteroatoms. The number of rotatable bonds is 3. The van der Waals surface area contributed by atoms with Gasteiger partial charge in [0.15, 0.2) is 0 Å². The number of amides is 1. The van der Waals surface area contributed by atoms with Gasteiger partial charge in [-0.2, -0.15) is 0 Å². The van der Waals surface area contributed by atoms with Crippen molar-refractivity contribution in [3.05, 3.63) is 29.6 Å². The Kier molecular flexibility index (Phi) is 3.38. The fourth-order valence-electron chi connectivity index (χ4n) is 1.13. The molecule has 2 N–H and O–H groups in total. The van der Waals surface area contributed by atoms with Gasteiger partial charge in [-0.25, -0.2) is 0 Å². The Morgan fingerprint density at radius 2 is 2.20 bits per heavy atom. The molecule has 0 spiro atoms. The maximum Gasteiger partial charge on any atom is 0.303 e. The fraction of sp³-hybridized carbons (Fsp3) is 0.300. The third-order valence-electron chi connectivity index (χ3n) is 1.82. The minimum Gasteiger partial charge on any atom is -0.456 e. The van der Waals surface area contributed by atoms with Crippen molar-refractivity contribution in [3.8, 4) is 0 Å². The van der Waals surface area contributed by atoms with E-state index < -0.39 is 18.0 Å². The number of esters is 1. The summed E-state index contributed by atoms with van der Waals surface area (Å²) in [5, 5.41) is 0. The van der Waals surface area contributed by atoms with E-state index in [0.717, 1.165) is 0 Å². The molecular formula is C10H12N2O3. The zero-order valence-electron chi connectivity index (χ0n) is 8.56. The molecule has 5 nitrogen and oxygen atoms in total. The van der Waals surface area contributed by atoms with Crippen LogP contribution in [0, 0.1) is 0 Å². The number of primary amides is 1. The van der Waals surface area contributed by atoms with Gasteiger partial charge in [-0.3, -0.25) is 14.6 Å². The first-order valence-electron chi connectivity index (χ1n) is 4.43. The van der Waals surface area contributed by atoms with Crippen molar-refractivity contribution in [2.75, 3.05) is 0 Å². The van der Waals surface area contributed by atoms with E-state index in [-0.39, 0.29) is 0 Å². The summed E-state index contributed by atoms with van der Waals surface area (Å²) in [5.41, 5.74) is 5.96. The van der Waals surface area contributed by atoms with E-state index in [9.17, 15) is 9.59 Å². The summed E-state index contributed by atoms with van der Waals surface area (Å²) in [6.07, 6.45) is 0.969. The van der Waals surface area contributed by atoms with E-state index >= 15 is 0 Å². The average molecular weight is 208 g/mol. The molecule has 1 amide bonds. The molecule has 1 aromatic rings. The van der Waals surface area contributed by atoms with Gasteiger partial charge < -0.3 is 10.5 Å². The molecule has 1 heterocycles. The van der Waals surface area contributed by atoms with E-state index in [0.29, 0.717) is 11.3 Å². The van der Waals surface area contributed by atoms with Crippen LogP contribution in [0.1, 0.15) is 36.0 Å². The van der Waals surface area contributed by atoms with Gasteiger partial charge in [-0.1, -0.05) is 0 Å². The molecule has 0 saturated heterocycles. The van der Waals surface area contributed by atoms with Crippen molar-refractivity contribution >= 4 is 11.9 Å². The minimum absolute atomic E-state index is 0.346. The summed E-state index contributed by atoms with van der Waals surface area (Å²) in [6.45, 7) is 2.99. The van der Waals surface area contributed by atoms with Crippen LogP contribution in [0.5, 0.6) is 0 Å². The predicted octanol–water partition coefficient (Wildman–Crippen LogP) is 0.805. The van der Waals surface area contributed by atoms with Gasteiger partial charge in [0.25, 0.3) is 0 Å². The third-order valence-corrected chi connectivity index (χ3v) is 1.82. The normalized spacial score (nSPS) is 11.9. The van der Waals surface area contributed by atoms with Crippen LogP contribution in [0.3, 0.4) is 0 Å². The summed E-state index contributed by atoms with van der Waals surface area (Å²) in [6, 6.07) is 3.02. The first kappa shape index (κ1) is 11.2. The van der Waals surface area contributed by atoms with E-state index in [1.54, 1.807) is 6.92 Å². The van der Waals surface area contributed by atoms with Gasteiger partial charge in [0.05, 0.1) is 5.69 Å². The van der Waals surface area contributed by atoms with Gasteiger partial charge in [-0.15, -0.1) is 0 Å². The lowest BCUT2D eigenvalue weighted by Crippen LogP contribution is -2.13. The summed E-state index contributed by atoms with van der Waals surface area (Å²) in [7, 11) is 0. The van der Waals surface area contributed by atoms with Crippen molar-refractivity contribution in [1.29, 1.82) is 0 Å². The average Bonchev–Trinajstić information content (AvgIpc) is 2.17. The molecule has 0 radical (unpaired) electrons. The molecule has 0 saturated carbocycles. The highest BCUT2D eigenvalue weighted by molar-refractivity contribution is 5.92. The van der Waals surface area contributed by atoms with Crippen molar-refractivity contribution in [2.45, 2.75) is 20.0 Å². The monoisotopic (exact) mass is 208 g/mol. The number of carbonyl (C=O) groups is 2. The van der Waals surface area contributed by atoms with Crippen LogP contribution in [-0.4, -0.2) is 16.9 Å². The van der Waals surface area contributed by atoms with E-state index in [1.807, 2.05) is 0 Å². The van der Waals surface area contributed by atoms with Gasteiger partial charge in [0.1, 0.15) is 6.10 Å². The van der Waals surface area contributed by atoms with Crippen LogP contribution in [0.2, 0.25) is 0 Å². The number of pyridine rings is 1. The molecule has 0 fully saturated rings. The lowest BCUT2D eigenvalue weighted by Gasteiger charge is -2.11. The zero-order valence-corrected chi connectivity index (χ0v) is 8.56. The molecule has 1 unspecified atom stereocenters. The molecule has 0 bridgehead atoms. The Balaban J connectivity index is 2.89. The number of aromatic nitrogens is 1. The summed E-state index contributed by atoms with van der Waals surface area (Å²) in [4.78, 5) is 25.6. The second-order valence-corrected chi connectivity index (χ2v) is 3.09. The second-order valence-electron chi connectivity index (χ2n) is 3.09. The lowest BCUT2D eigenvalue weighted by molar-refractivity contribution is -0.145. The van der Waals surface area contributed by atoms with Crippen LogP contribution in [0.4, 0.5) is 0 Å². The van der Waals surface area contributed by atoms with Gasteiger partial charge in [-0.05, 0) is 19.1 Å². The predicted molar refractivity (Wildman–Crippen MR) is 52.9 cm³/mol. The van der Waals surface area contributed by atoms with Gasteiger partial charge in [0.2, 0.25) is 5.91 Å². The van der Waals surface area contributed by atoms with Crippen LogP contribution in [-0.2, 0) is 9.53 Å². The highest BCUT2D eigenvalue weighted by Gasteiger charge is 2.11. The molecule has 1 atom stereocenters. The smallest absolute Gasteiger partial charge is 0.303 e. The van der Waals surface area contributed by atoms with Crippen molar-refractivity contribution in [1.82, 2.24) is 4.98 Å². The first-order chi connectivity index (χ1) is 7.00. The Hall–Kier alpha value is -1.91. The maximum atomic E-state index is 10.9. The molecule has 1 aromatic heterocycles. The van der Waals surface area contributed by atoms with Crippen LogP contribution in [0.15, 0.2) is 18.3 Å². The number of hydrogen-bond donors (Lipinski definition) is 1. The van der Waals surface area contributed by atoms with Gasteiger partial charge in [0, 0.05) is 18.7 Å². The van der Waals surface area contributed by atoms with Crippen LogP contribution in [0.25, 0.3) is 0 Å². The highest BCUT2D eigenvalue weighted by Crippen LogP contribution is 2.15. The molecule has 0 aromatic carbocycles.